The first-order valence-corrected chi connectivity index (χ1v) is 8.58. The maximum Gasteiger partial charge on any atom is 0.0195 e. The highest BCUT2D eigenvalue weighted by Crippen LogP contribution is 2.31. The molecule has 0 aromatic rings. The number of rotatable bonds is 5. The van der Waals surface area contributed by atoms with Gasteiger partial charge in [0.25, 0.3) is 0 Å². The van der Waals surface area contributed by atoms with E-state index in [9.17, 15) is 0 Å². The molecule has 0 bridgehead atoms. The number of likely N-dealkylation sites (N-methyl/N-ethyl adjacent to an activating group) is 1. The minimum Gasteiger partial charge on any atom is -0.313 e. The van der Waals surface area contributed by atoms with E-state index in [1.807, 2.05) is 0 Å². The second-order valence-corrected chi connectivity index (χ2v) is 7.40. The molecule has 1 aliphatic carbocycles. The summed E-state index contributed by atoms with van der Waals surface area (Å²) in [7, 11) is 2.36. The molecule has 0 amide bonds. The molecular weight excluding hydrogens is 232 g/mol. The first-order chi connectivity index (χ1) is 9.15. The number of hydrogen-bond donors (Lipinski definition) is 1. The molecule has 2 heteroatoms. The van der Waals surface area contributed by atoms with E-state index in [2.05, 4.69) is 31.1 Å². The summed E-state index contributed by atoms with van der Waals surface area (Å²) in [4.78, 5) is 2.66. The van der Waals surface area contributed by atoms with Crippen molar-refractivity contribution >= 4 is 0 Å². The molecule has 1 saturated heterocycles. The van der Waals surface area contributed by atoms with Crippen molar-refractivity contribution in [1.29, 1.82) is 0 Å². The fourth-order valence-corrected chi connectivity index (χ4v) is 4.12. The van der Waals surface area contributed by atoms with Crippen LogP contribution in [0.25, 0.3) is 0 Å². The smallest absolute Gasteiger partial charge is 0.0195 e. The van der Waals surface area contributed by atoms with Gasteiger partial charge in [0.2, 0.25) is 0 Å². The topological polar surface area (TPSA) is 15.3 Å². The Morgan fingerprint density at radius 2 is 1.95 bits per heavy atom. The van der Waals surface area contributed by atoms with Crippen LogP contribution in [0.2, 0.25) is 0 Å². The van der Waals surface area contributed by atoms with E-state index in [1.54, 1.807) is 0 Å². The Hall–Kier alpha value is -0.0800. The third-order valence-electron chi connectivity index (χ3n) is 5.10. The lowest BCUT2D eigenvalue weighted by atomic mass is 9.80. The molecule has 1 saturated carbocycles. The Bertz CT molecular complexity index is 246. The molecule has 3 atom stereocenters. The summed E-state index contributed by atoms with van der Waals surface area (Å²) in [5, 5.41) is 3.69. The van der Waals surface area contributed by atoms with E-state index < -0.39 is 0 Å². The average Bonchev–Trinajstić information content (AvgIpc) is 2.39. The highest BCUT2D eigenvalue weighted by molar-refractivity contribution is 4.83. The van der Waals surface area contributed by atoms with Gasteiger partial charge in [0.15, 0.2) is 0 Å². The largest absolute Gasteiger partial charge is 0.313 e. The van der Waals surface area contributed by atoms with Gasteiger partial charge in [-0.2, -0.15) is 0 Å². The van der Waals surface area contributed by atoms with E-state index in [4.69, 9.17) is 0 Å². The number of piperidine rings is 1. The summed E-state index contributed by atoms with van der Waals surface area (Å²) in [5.41, 5.74) is 0. The monoisotopic (exact) mass is 266 g/mol. The molecule has 1 N–H and O–H groups in total. The first kappa shape index (κ1) is 15.3. The van der Waals surface area contributed by atoms with Gasteiger partial charge in [0, 0.05) is 18.6 Å². The Labute approximate surface area is 120 Å². The van der Waals surface area contributed by atoms with Crippen LogP contribution in [0.3, 0.4) is 0 Å². The van der Waals surface area contributed by atoms with Gasteiger partial charge in [-0.1, -0.05) is 33.1 Å². The summed E-state index contributed by atoms with van der Waals surface area (Å²) >= 11 is 0. The molecule has 2 rings (SSSR count). The standard InChI is InChI=1S/C17H34N2/c1-14(2)11-15-7-6-9-17(12-15)19(3)13-16-8-4-5-10-18-16/h14-18H,4-13H2,1-3H3. The molecule has 0 aromatic heterocycles. The highest BCUT2D eigenvalue weighted by Gasteiger charge is 2.26. The number of hydrogen-bond acceptors (Lipinski definition) is 2. The van der Waals surface area contributed by atoms with Crippen LogP contribution in [0.4, 0.5) is 0 Å². The van der Waals surface area contributed by atoms with Crippen LogP contribution < -0.4 is 5.32 Å². The molecule has 3 unspecified atom stereocenters. The van der Waals surface area contributed by atoms with Gasteiger partial charge in [-0.05, 0) is 57.5 Å². The van der Waals surface area contributed by atoms with E-state index in [-0.39, 0.29) is 0 Å². The van der Waals surface area contributed by atoms with E-state index in [0.29, 0.717) is 0 Å². The Morgan fingerprint density at radius 1 is 1.11 bits per heavy atom. The van der Waals surface area contributed by atoms with Crippen LogP contribution in [0.5, 0.6) is 0 Å². The van der Waals surface area contributed by atoms with Gasteiger partial charge in [0.1, 0.15) is 0 Å². The predicted octanol–water partition coefficient (Wildman–Crippen LogP) is 3.67. The van der Waals surface area contributed by atoms with Crippen molar-refractivity contribution in [3.8, 4) is 0 Å². The molecule has 1 aliphatic heterocycles. The van der Waals surface area contributed by atoms with Crippen LogP contribution >= 0.6 is 0 Å². The van der Waals surface area contributed by atoms with Gasteiger partial charge in [-0.25, -0.2) is 0 Å². The van der Waals surface area contributed by atoms with Crippen LogP contribution in [0.15, 0.2) is 0 Å². The van der Waals surface area contributed by atoms with E-state index in [0.717, 1.165) is 23.9 Å². The fourth-order valence-electron chi connectivity index (χ4n) is 4.12. The van der Waals surface area contributed by atoms with Gasteiger partial charge >= 0.3 is 0 Å². The molecule has 2 fully saturated rings. The molecule has 2 aliphatic rings. The van der Waals surface area contributed by atoms with Gasteiger partial charge in [-0.15, -0.1) is 0 Å². The predicted molar refractivity (Wildman–Crippen MR) is 83.5 cm³/mol. The average molecular weight is 266 g/mol. The maximum absolute atomic E-state index is 3.69. The molecule has 1 heterocycles. The Kier molecular flexibility index (Phi) is 6.15. The zero-order valence-corrected chi connectivity index (χ0v) is 13.3. The molecule has 19 heavy (non-hydrogen) atoms. The van der Waals surface area contributed by atoms with Crippen molar-refractivity contribution in [3.63, 3.8) is 0 Å². The summed E-state index contributed by atoms with van der Waals surface area (Å²) in [6.07, 6.45) is 11.4. The third kappa shape index (κ3) is 5.07. The molecule has 0 radical (unpaired) electrons. The van der Waals surface area contributed by atoms with E-state index in [1.165, 1.54) is 64.5 Å². The maximum atomic E-state index is 3.69. The Balaban J connectivity index is 1.75. The van der Waals surface area contributed by atoms with E-state index >= 15 is 0 Å². The van der Waals surface area contributed by atoms with Gasteiger partial charge in [-0.3, -0.25) is 0 Å². The van der Waals surface area contributed by atoms with Gasteiger partial charge in [0.05, 0.1) is 0 Å². The number of nitrogens with one attached hydrogen (secondary N) is 1. The molecular formula is C17H34N2. The van der Waals surface area contributed by atoms with Crippen molar-refractivity contribution in [2.75, 3.05) is 20.1 Å². The first-order valence-electron chi connectivity index (χ1n) is 8.58. The molecule has 2 nitrogen and oxygen atoms in total. The lowest BCUT2D eigenvalue weighted by molar-refractivity contribution is 0.131. The van der Waals surface area contributed by atoms with Crippen molar-refractivity contribution < 1.29 is 0 Å². The van der Waals surface area contributed by atoms with Crippen LogP contribution in [-0.2, 0) is 0 Å². The van der Waals surface area contributed by atoms with Crippen molar-refractivity contribution in [1.82, 2.24) is 10.2 Å². The second kappa shape index (κ2) is 7.64. The summed E-state index contributed by atoms with van der Waals surface area (Å²) in [6, 6.07) is 1.60. The lowest BCUT2D eigenvalue weighted by Gasteiger charge is -2.38. The van der Waals surface area contributed by atoms with Crippen molar-refractivity contribution in [2.24, 2.45) is 11.8 Å². The third-order valence-corrected chi connectivity index (χ3v) is 5.10. The van der Waals surface area contributed by atoms with Crippen molar-refractivity contribution in [2.45, 2.75) is 77.3 Å². The summed E-state index contributed by atoms with van der Waals surface area (Å²) in [6.45, 7) is 7.25. The van der Waals surface area contributed by atoms with Crippen LogP contribution in [0.1, 0.15) is 65.2 Å². The summed E-state index contributed by atoms with van der Waals surface area (Å²) in [5.74, 6) is 1.86. The normalized spacial score (nSPS) is 33.0. The zero-order valence-electron chi connectivity index (χ0n) is 13.3. The minimum absolute atomic E-state index is 0.754. The summed E-state index contributed by atoms with van der Waals surface area (Å²) < 4.78 is 0. The molecule has 0 aromatic carbocycles. The molecule has 112 valence electrons. The lowest BCUT2D eigenvalue weighted by Crippen LogP contribution is -2.46. The zero-order chi connectivity index (χ0) is 13.7. The van der Waals surface area contributed by atoms with Crippen LogP contribution in [-0.4, -0.2) is 37.1 Å². The second-order valence-electron chi connectivity index (χ2n) is 7.40. The quantitative estimate of drug-likeness (QED) is 0.817. The highest BCUT2D eigenvalue weighted by atomic mass is 15.2. The minimum atomic E-state index is 0.754. The Morgan fingerprint density at radius 3 is 2.63 bits per heavy atom. The SMILES string of the molecule is CC(C)CC1CCCC(N(C)CC2CCCCN2)C1. The molecule has 0 spiro atoms. The van der Waals surface area contributed by atoms with Crippen molar-refractivity contribution in [3.05, 3.63) is 0 Å². The fraction of sp³-hybridized carbons (Fsp3) is 1.00. The number of nitrogens with zero attached hydrogens (tertiary/aromatic N) is 1. The van der Waals surface area contributed by atoms with Gasteiger partial charge < -0.3 is 10.2 Å². The van der Waals surface area contributed by atoms with Crippen LogP contribution in [0, 0.1) is 11.8 Å².